The van der Waals surface area contributed by atoms with Crippen LogP contribution in [0.25, 0.3) is 0 Å². The van der Waals surface area contributed by atoms with Gasteiger partial charge in [-0.05, 0) is 25.2 Å². The summed E-state index contributed by atoms with van der Waals surface area (Å²) in [6, 6.07) is 1.70. The molecule has 0 amide bonds. The van der Waals surface area contributed by atoms with E-state index in [0.29, 0.717) is 12.1 Å². The highest BCUT2D eigenvalue weighted by Gasteiger charge is 2.24. The lowest BCUT2D eigenvalue weighted by Gasteiger charge is -2.29. The maximum absolute atomic E-state index is 10.9. The Bertz CT molecular complexity index is 377. The van der Waals surface area contributed by atoms with Gasteiger partial charge < -0.3 is 14.8 Å². The molecular weight excluding hydrogens is 250 g/mol. The van der Waals surface area contributed by atoms with Crippen LogP contribution in [0.1, 0.15) is 42.8 Å². The van der Waals surface area contributed by atoms with E-state index in [2.05, 4.69) is 25.4 Å². The molecule has 0 unspecified atom stereocenters. The first-order valence-corrected chi connectivity index (χ1v) is 7.36. The van der Waals surface area contributed by atoms with Gasteiger partial charge in [0.1, 0.15) is 0 Å². The Morgan fingerprint density at radius 1 is 1.50 bits per heavy atom. The van der Waals surface area contributed by atoms with E-state index < -0.39 is 5.97 Å². The standard InChI is InChI=1S/C13H21NO3S/c1-4-13(5-2,18-3)9-14-8-10-6-7-17-11(10)12(15)16/h6-7,14H,4-5,8-9H2,1-3H3,(H,15,16). The molecule has 0 fully saturated rings. The maximum atomic E-state index is 10.9. The monoisotopic (exact) mass is 271 g/mol. The number of carboxylic acids is 1. The molecule has 0 aromatic carbocycles. The molecule has 0 aliphatic carbocycles. The number of rotatable bonds is 8. The maximum Gasteiger partial charge on any atom is 0.372 e. The van der Waals surface area contributed by atoms with E-state index in [-0.39, 0.29) is 10.5 Å². The zero-order chi connectivity index (χ0) is 13.6. The zero-order valence-corrected chi connectivity index (χ0v) is 12.0. The van der Waals surface area contributed by atoms with Crippen LogP contribution in [0.5, 0.6) is 0 Å². The zero-order valence-electron chi connectivity index (χ0n) is 11.2. The van der Waals surface area contributed by atoms with Crippen molar-refractivity contribution in [1.29, 1.82) is 0 Å². The molecule has 0 saturated heterocycles. The minimum atomic E-state index is -1.01. The van der Waals surface area contributed by atoms with E-state index in [1.54, 1.807) is 6.07 Å². The largest absolute Gasteiger partial charge is 0.475 e. The van der Waals surface area contributed by atoms with Gasteiger partial charge in [0.15, 0.2) is 0 Å². The lowest BCUT2D eigenvalue weighted by molar-refractivity contribution is 0.0660. The van der Waals surface area contributed by atoms with E-state index in [9.17, 15) is 4.79 Å². The molecule has 0 spiro atoms. The second-order valence-electron chi connectivity index (χ2n) is 4.28. The molecule has 1 aromatic rings. The van der Waals surface area contributed by atoms with Crippen LogP contribution in [0.4, 0.5) is 0 Å². The van der Waals surface area contributed by atoms with E-state index in [1.807, 2.05) is 11.8 Å². The Morgan fingerprint density at radius 2 is 2.17 bits per heavy atom. The van der Waals surface area contributed by atoms with Crippen molar-refractivity contribution in [2.24, 2.45) is 0 Å². The van der Waals surface area contributed by atoms with Gasteiger partial charge in [-0.15, -0.1) is 0 Å². The average Bonchev–Trinajstić information content (AvgIpc) is 2.84. The molecule has 2 N–H and O–H groups in total. The number of aromatic carboxylic acids is 1. The molecule has 0 radical (unpaired) electrons. The number of hydrogen-bond donors (Lipinski definition) is 2. The Kier molecular flexibility index (Phi) is 5.75. The van der Waals surface area contributed by atoms with E-state index in [0.717, 1.165) is 19.4 Å². The van der Waals surface area contributed by atoms with Crippen LogP contribution >= 0.6 is 11.8 Å². The lowest BCUT2D eigenvalue weighted by Crippen LogP contribution is -2.36. The first-order chi connectivity index (χ1) is 8.58. The molecule has 102 valence electrons. The highest BCUT2D eigenvalue weighted by atomic mass is 32.2. The van der Waals surface area contributed by atoms with Crippen molar-refractivity contribution in [3.05, 3.63) is 23.7 Å². The van der Waals surface area contributed by atoms with E-state index >= 15 is 0 Å². The summed E-state index contributed by atoms with van der Waals surface area (Å²) in [5, 5.41) is 12.3. The minimum Gasteiger partial charge on any atom is -0.475 e. The van der Waals surface area contributed by atoms with Crippen molar-refractivity contribution >= 4 is 17.7 Å². The Hall–Kier alpha value is -0.940. The van der Waals surface area contributed by atoms with Crippen molar-refractivity contribution in [1.82, 2.24) is 5.32 Å². The fourth-order valence-electron chi connectivity index (χ4n) is 1.95. The minimum absolute atomic E-state index is 0.0326. The van der Waals surface area contributed by atoms with Crippen molar-refractivity contribution in [2.75, 3.05) is 12.8 Å². The third-order valence-corrected chi connectivity index (χ3v) is 5.01. The second kappa shape index (κ2) is 6.85. The molecule has 0 bridgehead atoms. The third kappa shape index (κ3) is 3.53. The molecule has 0 atom stereocenters. The van der Waals surface area contributed by atoms with Gasteiger partial charge in [0, 0.05) is 23.4 Å². The van der Waals surface area contributed by atoms with Gasteiger partial charge >= 0.3 is 5.97 Å². The van der Waals surface area contributed by atoms with Crippen LogP contribution in [0.2, 0.25) is 0 Å². The average molecular weight is 271 g/mol. The third-order valence-electron chi connectivity index (χ3n) is 3.43. The molecular formula is C13H21NO3S. The van der Waals surface area contributed by atoms with Crippen LogP contribution in [-0.4, -0.2) is 28.6 Å². The molecule has 1 rings (SSSR count). The summed E-state index contributed by atoms with van der Waals surface area (Å²) in [4.78, 5) is 10.9. The Labute approximate surface area is 112 Å². The number of nitrogens with one attached hydrogen (secondary N) is 1. The molecule has 0 aliphatic heterocycles. The lowest BCUT2D eigenvalue weighted by atomic mass is 10.0. The van der Waals surface area contributed by atoms with Crippen molar-refractivity contribution < 1.29 is 14.3 Å². The van der Waals surface area contributed by atoms with Gasteiger partial charge in [0.2, 0.25) is 5.76 Å². The number of carboxylic acid groups (broad SMARTS) is 1. The summed E-state index contributed by atoms with van der Waals surface area (Å²) in [5.74, 6) is -0.982. The van der Waals surface area contributed by atoms with Crippen LogP contribution in [0.15, 0.2) is 16.7 Å². The summed E-state index contributed by atoms with van der Waals surface area (Å²) in [7, 11) is 0. The molecule has 4 nitrogen and oxygen atoms in total. The summed E-state index contributed by atoms with van der Waals surface area (Å²) in [6.45, 7) is 5.76. The van der Waals surface area contributed by atoms with Gasteiger partial charge in [-0.1, -0.05) is 13.8 Å². The normalized spacial score (nSPS) is 11.7. The number of furan rings is 1. The first-order valence-electron chi connectivity index (χ1n) is 6.14. The van der Waals surface area contributed by atoms with Gasteiger partial charge in [0.25, 0.3) is 0 Å². The molecule has 1 heterocycles. The molecule has 1 aromatic heterocycles. The van der Waals surface area contributed by atoms with Gasteiger partial charge in [0.05, 0.1) is 6.26 Å². The van der Waals surface area contributed by atoms with E-state index in [1.165, 1.54) is 6.26 Å². The molecule has 5 heteroatoms. The fraction of sp³-hybridized carbons (Fsp3) is 0.615. The highest BCUT2D eigenvalue weighted by Crippen LogP contribution is 2.29. The first kappa shape index (κ1) is 15.1. The predicted molar refractivity (Wildman–Crippen MR) is 74.2 cm³/mol. The van der Waals surface area contributed by atoms with Crippen molar-refractivity contribution in [3.63, 3.8) is 0 Å². The van der Waals surface area contributed by atoms with Gasteiger partial charge in [-0.3, -0.25) is 0 Å². The molecule has 0 aliphatic rings. The van der Waals surface area contributed by atoms with Crippen LogP contribution in [0, 0.1) is 0 Å². The molecule has 18 heavy (non-hydrogen) atoms. The van der Waals surface area contributed by atoms with Crippen molar-refractivity contribution in [3.8, 4) is 0 Å². The van der Waals surface area contributed by atoms with Gasteiger partial charge in [-0.25, -0.2) is 4.79 Å². The quantitative estimate of drug-likeness (QED) is 0.761. The predicted octanol–water partition coefficient (Wildman–Crippen LogP) is 2.99. The van der Waals surface area contributed by atoms with E-state index in [4.69, 9.17) is 9.52 Å². The number of hydrogen-bond acceptors (Lipinski definition) is 4. The van der Waals surface area contributed by atoms with Crippen LogP contribution in [-0.2, 0) is 6.54 Å². The highest BCUT2D eigenvalue weighted by molar-refractivity contribution is 8.00. The summed E-state index contributed by atoms with van der Waals surface area (Å²) >= 11 is 1.86. The van der Waals surface area contributed by atoms with Crippen LogP contribution < -0.4 is 5.32 Å². The topological polar surface area (TPSA) is 62.5 Å². The van der Waals surface area contributed by atoms with Crippen molar-refractivity contribution in [2.45, 2.75) is 38.0 Å². The fourth-order valence-corrected chi connectivity index (χ4v) is 2.77. The summed E-state index contributed by atoms with van der Waals surface area (Å²) in [6.07, 6.45) is 5.72. The Morgan fingerprint density at radius 3 is 2.67 bits per heavy atom. The second-order valence-corrected chi connectivity index (χ2v) is 5.55. The SMILES string of the molecule is CCC(CC)(CNCc1ccoc1C(=O)O)SC. The summed E-state index contributed by atoms with van der Waals surface area (Å²) < 4.78 is 5.17. The van der Waals surface area contributed by atoms with Gasteiger partial charge in [-0.2, -0.15) is 11.8 Å². The molecule has 0 saturated carbocycles. The van der Waals surface area contributed by atoms with Crippen LogP contribution in [0.3, 0.4) is 0 Å². The summed E-state index contributed by atoms with van der Waals surface area (Å²) in [5.41, 5.74) is 0.699. The number of carbonyl (C=O) groups is 1. The Balaban J connectivity index is 2.55. The number of thioether (sulfide) groups is 1. The smallest absolute Gasteiger partial charge is 0.372 e.